The summed E-state index contributed by atoms with van der Waals surface area (Å²) in [6.07, 6.45) is 1.10. The number of morpholine rings is 1. The summed E-state index contributed by atoms with van der Waals surface area (Å²) in [7, 11) is 0. The lowest BCUT2D eigenvalue weighted by Crippen LogP contribution is -2.35. The third-order valence-electron chi connectivity index (χ3n) is 4.90. The van der Waals surface area contributed by atoms with Crippen molar-refractivity contribution < 1.29 is 9.53 Å². The molecule has 0 spiro atoms. The van der Waals surface area contributed by atoms with E-state index in [2.05, 4.69) is 63.5 Å². The lowest BCUT2D eigenvalue weighted by Gasteiger charge is -2.26. The molecule has 1 aliphatic rings. The molecule has 3 heterocycles. The van der Waals surface area contributed by atoms with Gasteiger partial charge in [0.1, 0.15) is 10.0 Å². The van der Waals surface area contributed by atoms with Crippen LogP contribution in [0.3, 0.4) is 0 Å². The number of hydrogen-bond acceptors (Lipinski definition) is 8. The van der Waals surface area contributed by atoms with E-state index in [4.69, 9.17) is 4.74 Å². The van der Waals surface area contributed by atoms with Crippen LogP contribution >= 0.6 is 22.7 Å². The fraction of sp³-hybridized carbons (Fsp3) is 0.455. The number of amides is 1. The third kappa shape index (κ3) is 6.39. The number of hydrogen-bond donors (Lipinski definition) is 1. The van der Waals surface area contributed by atoms with Gasteiger partial charge in [-0.3, -0.25) is 9.69 Å². The maximum absolute atomic E-state index is 12.4. The number of nitrogens with one attached hydrogen (secondary N) is 1. The van der Waals surface area contributed by atoms with E-state index < -0.39 is 0 Å². The molecule has 9 heteroatoms. The molecule has 0 bridgehead atoms. The number of aromatic nitrogens is 3. The van der Waals surface area contributed by atoms with Gasteiger partial charge in [-0.05, 0) is 11.5 Å². The molecule has 0 unspecified atom stereocenters. The number of anilines is 1. The first-order valence-electron chi connectivity index (χ1n) is 10.5. The second kappa shape index (κ2) is 10.4. The standard InChI is InChI=1S/C22H27N5O2S2/c1-15(2)11-20-25-26-22(31-20)24-19(28)12-18-14-30-21(23-18)17-5-3-16(4-6-17)13-27-7-9-29-10-8-27/h3-6,14-15H,7-13H2,1-2H3,(H,24,26,28). The Morgan fingerprint density at radius 1 is 1.19 bits per heavy atom. The zero-order valence-electron chi connectivity index (χ0n) is 17.8. The number of thiazole rings is 1. The summed E-state index contributed by atoms with van der Waals surface area (Å²) < 4.78 is 5.41. The number of ether oxygens (including phenoxy) is 1. The molecule has 31 heavy (non-hydrogen) atoms. The van der Waals surface area contributed by atoms with Crippen molar-refractivity contribution in [2.75, 3.05) is 31.6 Å². The zero-order valence-corrected chi connectivity index (χ0v) is 19.5. The Balaban J connectivity index is 1.31. The minimum atomic E-state index is -0.120. The topological polar surface area (TPSA) is 80.2 Å². The molecule has 0 aliphatic carbocycles. The van der Waals surface area contributed by atoms with Crippen molar-refractivity contribution in [1.82, 2.24) is 20.1 Å². The van der Waals surface area contributed by atoms with E-state index in [1.165, 1.54) is 16.9 Å². The lowest BCUT2D eigenvalue weighted by atomic mass is 10.1. The highest BCUT2D eigenvalue weighted by atomic mass is 32.1. The Labute approximate surface area is 190 Å². The second-order valence-electron chi connectivity index (χ2n) is 8.05. The summed E-state index contributed by atoms with van der Waals surface area (Å²) in [6, 6.07) is 8.53. The fourth-order valence-electron chi connectivity index (χ4n) is 3.35. The maximum Gasteiger partial charge on any atom is 0.232 e. The van der Waals surface area contributed by atoms with Crippen molar-refractivity contribution in [1.29, 1.82) is 0 Å². The van der Waals surface area contributed by atoms with Gasteiger partial charge in [0.25, 0.3) is 0 Å². The summed E-state index contributed by atoms with van der Waals surface area (Å²) >= 11 is 2.99. The van der Waals surface area contributed by atoms with Crippen molar-refractivity contribution in [3.63, 3.8) is 0 Å². The highest BCUT2D eigenvalue weighted by Gasteiger charge is 2.14. The number of benzene rings is 1. The maximum atomic E-state index is 12.4. The van der Waals surface area contributed by atoms with Crippen LogP contribution in [0.2, 0.25) is 0 Å². The van der Waals surface area contributed by atoms with Gasteiger partial charge in [0.2, 0.25) is 11.0 Å². The smallest absolute Gasteiger partial charge is 0.232 e. The van der Waals surface area contributed by atoms with Crippen LogP contribution in [-0.4, -0.2) is 52.3 Å². The average molecular weight is 458 g/mol. The molecule has 3 aromatic rings. The predicted octanol–water partition coefficient (Wildman–Crippen LogP) is 3.87. The fourth-order valence-corrected chi connectivity index (χ4v) is 5.15. The van der Waals surface area contributed by atoms with E-state index in [0.29, 0.717) is 11.0 Å². The van der Waals surface area contributed by atoms with Gasteiger partial charge in [0.15, 0.2) is 0 Å². The number of carbonyl (C=O) groups is 1. The first-order valence-corrected chi connectivity index (χ1v) is 12.2. The van der Waals surface area contributed by atoms with Crippen molar-refractivity contribution in [2.24, 2.45) is 5.92 Å². The summed E-state index contributed by atoms with van der Waals surface area (Å²) in [4.78, 5) is 19.4. The van der Waals surface area contributed by atoms with Crippen LogP contribution in [0.5, 0.6) is 0 Å². The van der Waals surface area contributed by atoms with Crippen molar-refractivity contribution in [2.45, 2.75) is 33.2 Å². The predicted molar refractivity (Wildman–Crippen MR) is 124 cm³/mol. The van der Waals surface area contributed by atoms with Crippen LogP contribution in [0.1, 0.15) is 30.1 Å². The van der Waals surface area contributed by atoms with Gasteiger partial charge in [-0.25, -0.2) is 4.98 Å². The average Bonchev–Trinajstić information content (AvgIpc) is 3.38. The van der Waals surface area contributed by atoms with Crippen molar-refractivity contribution in [3.8, 4) is 10.6 Å². The Bertz CT molecular complexity index is 994. The molecule has 7 nitrogen and oxygen atoms in total. The monoisotopic (exact) mass is 457 g/mol. The van der Waals surface area contributed by atoms with Gasteiger partial charge in [-0.1, -0.05) is 49.4 Å². The molecule has 1 saturated heterocycles. The molecular weight excluding hydrogens is 430 g/mol. The molecule has 1 aliphatic heterocycles. The molecule has 2 aromatic heterocycles. The Kier molecular flexibility index (Phi) is 7.39. The van der Waals surface area contributed by atoms with Gasteiger partial charge in [0, 0.05) is 37.0 Å². The quantitative estimate of drug-likeness (QED) is 0.553. The van der Waals surface area contributed by atoms with Gasteiger partial charge >= 0.3 is 0 Å². The highest BCUT2D eigenvalue weighted by molar-refractivity contribution is 7.15. The van der Waals surface area contributed by atoms with E-state index in [9.17, 15) is 4.79 Å². The summed E-state index contributed by atoms with van der Waals surface area (Å²) in [6.45, 7) is 8.80. The van der Waals surface area contributed by atoms with Crippen LogP contribution in [0.4, 0.5) is 5.13 Å². The van der Waals surface area contributed by atoms with Crippen LogP contribution in [0.25, 0.3) is 10.6 Å². The van der Waals surface area contributed by atoms with Gasteiger partial charge < -0.3 is 10.1 Å². The SMILES string of the molecule is CC(C)Cc1nnc(NC(=O)Cc2csc(-c3ccc(CN4CCOCC4)cc3)n2)s1. The van der Waals surface area contributed by atoms with E-state index in [1.54, 1.807) is 11.3 Å². The normalized spacial score (nSPS) is 14.8. The van der Waals surface area contributed by atoms with Crippen molar-refractivity contribution >= 4 is 33.7 Å². The Morgan fingerprint density at radius 2 is 1.97 bits per heavy atom. The van der Waals surface area contributed by atoms with E-state index in [0.717, 1.165) is 60.5 Å². The molecule has 1 N–H and O–H groups in total. The molecule has 164 valence electrons. The van der Waals surface area contributed by atoms with Gasteiger partial charge in [0.05, 0.1) is 25.3 Å². The molecular formula is C22H27N5O2S2. The molecule has 1 fully saturated rings. The first-order chi connectivity index (χ1) is 15.0. The first kappa shape index (κ1) is 22.0. The summed E-state index contributed by atoms with van der Waals surface area (Å²) in [5.41, 5.74) is 3.13. The Morgan fingerprint density at radius 3 is 2.71 bits per heavy atom. The number of rotatable bonds is 8. The Hall–Kier alpha value is -2.20. The minimum absolute atomic E-state index is 0.120. The number of nitrogens with zero attached hydrogens (tertiary/aromatic N) is 4. The molecule has 4 rings (SSSR count). The molecule has 1 aromatic carbocycles. The zero-order chi connectivity index (χ0) is 21.6. The van der Waals surface area contributed by atoms with Gasteiger partial charge in [-0.15, -0.1) is 21.5 Å². The van der Waals surface area contributed by atoms with Gasteiger partial charge in [-0.2, -0.15) is 0 Å². The van der Waals surface area contributed by atoms with Crippen molar-refractivity contribution in [3.05, 3.63) is 45.9 Å². The van der Waals surface area contributed by atoms with E-state index >= 15 is 0 Å². The van der Waals surface area contributed by atoms with Crippen LogP contribution in [0.15, 0.2) is 29.6 Å². The van der Waals surface area contributed by atoms with Crippen LogP contribution < -0.4 is 5.32 Å². The summed E-state index contributed by atoms with van der Waals surface area (Å²) in [5.74, 6) is 0.392. The minimum Gasteiger partial charge on any atom is -0.379 e. The van der Waals surface area contributed by atoms with E-state index in [-0.39, 0.29) is 12.3 Å². The van der Waals surface area contributed by atoms with Crippen LogP contribution in [-0.2, 0) is 28.9 Å². The molecule has 0 radical (unpaired) electrons. The summed E-state index contributed by atoms with van der Waals surface area (Å²) in [5, 5.41) is 15.4. The van der Waals surface area contributed by atoms with E-state index in [1.807, 2.05) is 5.38 Å². The van der Waals surface area contributed by atoms with Crippen LogP contribution in [0, 0.1) is 5.92 Å². The lowest BCUT2D eigenvalue weighted by molar-refractivity contribution is -0.115. The largest absolute Gasteiger partial charge is 0.379 e. The second-order valence-corrected chi connectivity index (χ2v) is 9.97. The third-order valence-corrected chi connectivity index (χ3v) is 6.70. The molecule has 1 amide bonds. The number of carbonyl (C=O) groups excluding carboxylic acids is 1. The molecule has 0 saturated carbocycles. The molecule has 0 atom stereocenters. The highest BCUT2D eigenvalue weighted by Crippen LogP contribution is 2.25.